The van der Waals surface area contributed by atoms with Crippen LogP contribution in [-0.4, -0.2) is 38.3 Å². The molecule has 0 N–H and O–H groups in total. The van der Waals surface area contributed by atoms with E-state index < -0.39 is 0 Å². The summed E-state index contributed by atoms with van der Waals surface area (Å²) in [7, 11) is 0. The number of piperidine rings is 1. The topological polar surface area (TPSA) is 50.5 Å². The molecule has 0 radical (unpaired) electrons. The molecular formula is C26H25ClN4O. The normalized spacial score (nSPS) is 16.4. The molecule has 6 heteroatoms. The number of imidazole rings is 1. The molecule has 5 rings (SSSR count). The van der Waals surface area contributed by atoms with Crippen molar-refractivity contribution in [1.82, 2.24) is 19.3 Å². The lowest BCUT2D eigenvalue weighted by atomic mass is 9.92. The van der Waals surface area contributed by atoms with Gasteiger partial charge in [-0.1, -0.05) is 41.9 Å². The monoisotopic (exact) mass is 444 g/mol. The van der Waals surface area contributed by atoms with Crippen LogP contribution < -0.4 is 0 Å². The fraction of sp³-hybridized carbons (Fsp3) is 0.269. The van der Waals surface area contributed by atoms with Gasteiger partial charge in [-0.15, -0.1) is 0 Å². The number of aromatic nitrogens is 3. The van der Waals surface area contributed by atoms with E-state index in [9.17, 15) is 4.79 Å². The summed E-state index contributed by atoms with van der Waals surface area (Å²) in [6, 6.07) is 18.5. The van der Waals surface area contributed by atoms with Crippen molar-refractivity contribution >= 4 is 23.2 Å². The third-order valence-corrected chi connectivity index (χ3v) is 6.27. The zero-order valence-corrected chi connectivity index (χ0v) is 18.8. The Kier molecular flexibility index (Phi) is 5.66. The summed E-state index contributed by atoms with van der Waals surface area (Å²) in [6.45, 7) is 3.45. The Labute approximate surface area is 192 Å². The predicted molar refractivity (Wildman–Crippen MR) is 126 cm³/mol. The van der Waals surface area contributed by atoms with Crippen molar-refractivity contribution in [3.05, 3.63) is 100 Å². The summed E-state index contributed by atoms with van der Waals surface area (Å²) in [6.07, 6.45) is 6.40. The van der Waals surface area contributed by atoms with Crippen molar-refractivity contribution in [1.29, 1.82) is 0 Å². The maximum atomic E-state index is 13.2. The molecule has 1 amide bonds. The third-order valence-electron chi connectivity index (χ3n) is 6.05. The van der Waals surface area contributed by atoms with Crippen molar-refractivity contribution in [3.8, 4) is 0 Å². The van der Waals surface area contributed by atoms with Crippen molar-refractivity contribution in [3.63, 3.8) is 0 Å². The largest absolute Gasteiger partial charge is 0.337 e. The van der Waals surface area contributed by atoms with Crippen LogP contribution in [0.15, 0.2) is 67.0 Å². The van der Waals surface area contributed by atoms with E-state index in [1.807, 2.05) is 24.0 Å². The fourth-order valence-corrected chi connectivity index (χ4v) is 4.71. The predicted octanol–water partition coefficient (Wildman–Crippen LogP) is 5.30. The van der Waals surface area contributed by atoms with Crippen LogP contribution in [0.4, 0.5) is 0 Å². The van der Waals surface area contributed by atoms with Crippen molar-refractivity contribution < 1.29 is 4.79 Å². The Bertz CT molecular complexity index is 1270. The third kappa shape index (κ3) is 4.39. The summed E-state index contributed by atoms with van der Waals surface area (Å²) < 4.78 is 1.80. The maximum absolute atomic E-state index is 13.2. The first kappa shape index (κ1) is 20.7. The van der Waals surface area contributed by atoms with Crippen molar-refractivity contribution in [2.24, 2.45) is 0 Å². The minimum absolute atomic E-state index is 0.0355. The van der Waals surface area contributed by atoms with Gasteiger partial charge in [-0.3, -0.25) is 9.78 Å². The lowest BCUT2D eigenvalue weighted by Crippen LogP contribution is -2.39. The van der Waals surface area contributed by atoms with E-state index in [1.54, 1.807) is 22.9 Å². The van der Waals surface area contributed by atoms with Crippen LogP contribution >= 0.6 is 11.6 Å². The number of hydrogen-bond donors (Lipinski definition) is 0. The number of hydrogen-bond acceptors (Lipinski definition) is 3. The zero-order chi connectivity index (χ0) is 22.1. The smallest absolute Gasteiger partial charge is 0.274 e. The van der Waals surface area contributed by atoms with Crippen LogP contribution in [0.25, 0.3) is 5.65 Å². The van der Waals surface area contributed by atoms with Crippen LogP contribution in [0.2, 0.25) is 5.02 Å². The fourth-order valence-electron chi connectivity index (χ4n) is 4.54. The second kappa shape index (κ2) is 8.75. The number of likely N-dealkylation sites (tertiary alicyclic amines) is 1. The van der Waals surface area contributed by atoms with Gasteiger partial charge in [-0.05, 0) is 61.6 Å². The van der Waals surface area contributed by atoms with Gasteiger partial charge in [0.25, 0.3) is 5.91 Å². The number of nitrogens with zero attached hydrogens (tertiary/aromatic N) is 4. The van der Waals surface area contributed by atoms with Gasteiger partial charge in [-0.25, -0.2) is 4.98 Å². The lowest BCUT2D eigenvalue weighted by molar-refractivity contribution is 0.0700. The molecule has 0 bridgehead atoms. The second-order valence-electron chi connectivity index (χ2n) is 8.53. The molecule has 5 nitrogen and oxygen atoms in total. The molecule has 32 heavy (non-hydrogen) atoms. The molecule has 1 fully saturated rings. The Morgan fingerprint density at radius 3 is 2.75 bits per heavy atom. The minimum atomic E-state index is -0.0355. The van der Waals surface area contributed by atoms with Gasteiger partial charge < -0.3 is 9.30 Å². The highest BCUT2D eigenvalue weighted by atomic mass is 35.5. The van der Waals surface area contributed by atoms with E-state index in [-0.39, 0.29) is 11.8 Å². The molecule has 0 saturated carbocycles. The number of pyridine rings is 2. The highest BCUT2D eigenvalue weighted by Gasteiger charge is 2.28. The molecule has 162 valence electrons. The summed E-state index contributed by atoms with van der Waals surface area (Å²) in [5.41, 5.74) is 5.83. The van der Waals surface area contributed by atoms with E-state index in [0.717, 1.165) is 42.8 Å². The molecule has 1 aliphatic heterocycles. The van der Waals surface area contributed by atoms with Gasteiger partial charge in [0.1, 0.15) is 11.3 Å². The molecule has 0 unspecified atom stereocenters. The number of carbonyl (C=O) groups is 1. The van der Waals surface area contributed by atoms with Crippen LogP contribution in [0.3, 0.4) is 0 Å². The molecule has 4 heterocycles. The first-order valence-electron chi connectivity index (χ1n) is 11.0. The molecule has 1 saturated heterocycles. The van der Waals surface area contributed by atoms with E-state index in [4.69, 9.17) is 16.6 Å². The zero-order valence-electron chi connectivity index (χ0n) is 18.0. The number of carbonyl (C=O) groups excluding carboxylic acids is 1. The first-order chi connectivity index (χ1) is 15.5. The lowest BCUT2D eigenvalue weighted by Gasteiger charge is -2.32. The van der Waals surface area contributed by atoms with Gasteiger partial charge in [0, 0.05) is 42.8 Å². The Hall–Kier alpha value is -3.18. The van der Waals surface area contributed by atoms with Crippen molar-refractivity contribution in [2.45, 2.75) is 32.1 Å². The van der Waals surface area contributed by atoms with Gasteiger partial charge >= 0.3 is 0 Å². The Balaban J connectivity index is 1.35. The number of rotatable bonds is 4. The van der Waals surface area contributed by atoms with Crippen LogP contribution in [0.5, 0.6) is 0 Å². The average molecular weight is 445 g/mol. The quantitative estimate of drug-likeness (QED) is 0.429. The van der Waals surface area contributed by atoms with Gasteiger partial charge in [0.2, 0.25) is 0 Å². The van der Waals surface area contributed by atoms with Crippen LogP contribution in [0, 0.1) is 6.92 Å². The highest BCUT2D eigenvalue weighted by Crippen LogP contribution is 2.28. The number of amides is 1. The molecule has 1 atom stereocenters. The summed E-state index contributed by atoms with van der Waals surface area (Å²) >= 11 is 6.07. The van der Waals surface area contributed by atoms with Crippen LogP contribution in [0.1, 0.15) is 51.8 Å². The van der Waals surface area contributed by atoms with E-state index in [0.29, 0.717) is 17.3 Å². The maximum Gasteiger partial charge on any atom is 0.274 e. The molecule has 0 aliphatic carbocycles. The highest BCUT2D eigenvalue weighted by molar-refractivity contribution is 6.30. The second-order valence-corrected chi connectivity index (χ2v) is 8.97. The molecule has 4 aromatic rings. The van der Waals surface area contributed by atoms with Gasteiger partial charge in [-0.2, -0.15) is 0 Å². The summed E-state index contributed by atoms with van der Waals surface area (Å²) in [5, 5.41) is 0.615. The average Bonchev–Trinajstić information content (AvgIpc) is 3.22. The SMILES string of the molecule is Cc1cc(Cc2ccccc2)cc([C@@H]2CCCN(C(=O)c3cn4cc(Cl)ccc4n3)C2)n1. The van der Waals surface area contributed by atoms with Crippen LogP contribution in [-0.2, 0) is 6.42 Å². The van der Waals surface area contributed by atoms with E-state index in [2.05, 4.69) is 41.4 Å². The number of aryl methyl sites for hydroxylation is 1. The summed E-state index contributed by atoms with van der Waals surface area (Å²) in [5.74, 6) is 0.195. The first-order valence-corrected chi connectivity index (χ1v) is 11.4. The number of fused-ring (bicyclic) bond motifs is 1. The summed E-state index contributed by atoms with van der Waals surface area (Å²) in [4.78, 5) is 24.5. The van der Waals surface area contributed by atoms with E-state index >= 15 is 0 Å². The molecule has 1 aliphatic rings. The molecule has 0 spiro atoms. The van der Waals surface area contributed by atoms with Crippen molar-refractivity contribution in [2.75, 3.05) is 13.1 Å². The van der Waals surface area contributed by atoms with Gasteiger partial charge in [0.05, 0.1) is 5.02 Å². The Morgan fingerprint density at radius 1 is 1.06 bits per heavy atom. The van der Waals surface area contributed by atoms with Gasteiger partial charge in [0.15, 0.2) is 0 Å². The standard InChI is InChI=1S/C26H25ClN4O/c1-18-12-20(13-19-6-3-2-4-7-19)14-23(28-18)21-8-5-11-30(15-21)26(32)24-17-31-16-22(27)9-10-25(31)29-24/h2-4,6-7,9-10,12,14,16-17,21H,5,8,11,13,15H2,1H3/t21-/m1/s1. The molecular weight excluding hydrogens is 420 g/mol. The minimum Gasteiger partial charge on any atom is -0.337 e. The molecule has 1 aromatic carbocycles. The molecule has 3 aromatic heterocycles. The number of halogens is 1. The number of benzene rings is 1. The Morgan fingerprint density at radius 2 is 1.91 bits per heavy atom. The van der Waals surface area contributed by atoms with E-state index in [1.165, 1.54) is 11.1 Å².